The molecule has 25 heavy (non-hydrogen) atoms. The van der Waals surface area contributed by atoms with Crippen LogP contribution in [-0.4, -0.2) is 20.7 Å². The van der Waals surface area contributed by atoms with Gasteiger partial charge in [0.05, 0.1) is 11.1 Å². The highest BCUT2D eigenvalue weighted by Gasteiger charge is 2.67. The number of hydrogen-bond acceptors (Lipinski definition) is 4. The maximum absolute atomic E-state index is 13.1. The summed E-state index contributed by atoms with van der Waals surface area (Å²) in [4.78, 5) is 18.2. The van der Waals surface area contributed by atoms with Gasteiger partial charge in [-0.2, -0.15) is 5.10 Å². The summed E-state index contributed by atoms with van der Waals surface area (Å²) < 4.78 is 1.72. The lowest BCUT2D eigenvalue weighted by Gasteiger charge is -2.19. The van der Waals surface area contributed by atoms with Gasteiger partial charge in [-0.1, -0.05) is 38.1 Å². The van der Waals surface area contributed by atoms with Crippen molar-refractivity contribution in [2.75, 3.05) is 0 Å². The van der Waals surface area contributed by atoms with E-state index in [4.69, 9.17) is 0 Å². The molecule has 1 fully saturated rings. The summed E-state index contributed by atoms with van der Waals surface area (Å²) >= 11 is 1.66. The first-order valence-electron chi connectivity index (χ1n) is 8.30. The third-order valence-electron chi connectivity index (χ3n) is 5.16. The van der Waals surface area contributed by atoms with Crippen molar-refractivity contribution in [1.29, 1.82) is 0 Å². The first-order chi connectivity index (χ1) is 12.0. The van der Waals surface area contributed by atoms with Crippen molar-refractivity contribution in [1.82, 2.24) is 20.1 Å². The van der Waals surface area contributed by atoms with Crippen LogP contribution in [0.4, 0.5) is 0 Å². The highest BCUT2D eigenvalue weighted by molar-refractivity contribution is 7.10. The molecule has 1 aliphatic carbocycles. The van der Waals surface area contributed by atoms with E-state index in [1.807, 2.05) is 35.7 Å². The fraction of sp³-hybridized carbons (Fsp3) is 0.316. The SMILES string of the molecule is CC1(C)CC1(C(=O)NCc1ccccc1-n1cncn1)c1cccs1. The molecule has 1 atom stereocenters. The molecular formula is C19H20N4OS. The second kappa shape index (κ2) is 5.81. The minimum absolute atomic E-state index is 0.00659. The van der Waals surface area contributed by atoms with E-state index in [-0.39, 0.29) is 11.3 Å². The number of thiophene rings is 1. The van der Waals surface area contributed by atoms with Gasteiger partial charge in [0, 0.05) is 11.4 Å². The van der Waals surface area contributed by atoms with Crippen molar-refractivity contribution >= 4 is 17.2 Å². The maximum atomic E-state index is 13.1. The van der Waals surface area contributed by atoms with Crippen molar-refractivity contribution in [2.24, 2.45) is 5.41 Å². The Bertz CT molecular complexity index is 886. The van der Waals surface area contributed by atoms with Gasteiger partial charge >= 0.3 is 0 Å². The molecule has 5 nitrogen and oxygen atoms in total. The van der Waals surface area contributed by atoms with Gasteiger partial charge in [0.25, 0.3) is 0 Å². The Kier molecular flexibility index (Phi) is 3.72. The maximum Gasteiger partial charge on any atom is 0.232 e. The van der Waals surface area contributed by atoms with Crippen LogP contribution in [0.1, 0.15) is 30.7 Å². The highest BCUT2D eigenvalue weighted by atomic mass is 32.1. The fourth-order valence-corrected chi connectivity index (χ4v) is 4.71. The van der Waals surface area contributed by atoms with Gasteiger partial charge in [-0.15, -0.1) is 11.3 Å². The van der Waals surface area contributed by atoms with E-state index >= 15 is 0 Å². The number of benzene rings is 1. The van der Waals surface area contributed by atoms with Crippen LogP contribution in [0.25, 0.3) is 5.69 Å². The highest BCUT2D eigenvalue weighted by Crippen LogP contribution is 2.65. The number of rotatable bonds is 5. The molecule has 1 amide bonds. The van der Waals surface area contributed by atoms with E-state index in [1.165, 1.54) is 6.33 Å². The lowest BCUT2D eigenvalue weighted by molar-refractivity contribution is -0.124. The molecule has 3 aromatic rings. The van der Waals surface area contributed by atoms with Crippen LogP contribution >= 0.6 is 11.3 Å². The molecule has 1 aromatic carbocycles. The lowest BCUT2D eigenvalue weighted by atomic mass is 9.93. The summed E-state index contributed by atoms with van der Waals surface area (Å²) in [7, 11) is 0. The van der Waals surface area contributed by atoms with Crippen LogP contribution in [0.5, 0.6) is 0 Å². The number of carbonyl (C=O) groups excluding carboxylic acids is 1. The Hall–Kier alpha value is -2.47. The molecule has 4 rings (SSSR count). The van der Waals surface area contributed by atoms with Gasteiger partial charge in [0.1, 0.15) is 12.7 Å². The Morgan fingerprint density at radius 3 is 2.72 bits per heavy atom. The quantitative estimate of drug-likeness (QED) is 0.766. The molecular weight excluding hydrogens is 332 g/mol. The fourth-order valence-electron chi connectivity index (χ4n) is 3.60. The Labute approximate surface area is 150 Å². The topological polar surface area (TPSA) is 59.8 Å². The molecule has 0 saturated heterocycles. The van der Waals surface area contributed by atoms with Crippen molar-refractivity contribution in [3.8, 4) is 5.69 Å². The first-order valence-corrected chi connectivity index (χ1v) is 9.18. The van der Waals surface area contributed by atoms with Crippen molar-refractivity contribution in [2.45, 2.75) is 32.2 Å². The zero-order chi connectivity index (χ0) is 17.5. The van der Waals surface area contributed by atoms with Crippen molar-refractivity contribution in [3.05, 3.63) is 64.9 Å². The van der Waals surface area contributed by atoms with Crippen LogP contribution in [0, 0.1) is 5.41 Å². The Balaban J connectivity index is 1.56. The molecule has 1 aliphatic rings. The van der Waals surface area contributed by atoms with Gasteiger partial charge in [-0.3, -0.25) is 4.79 Å². The smallest absolute Gasteiger partial charge is 0.232 e. The molecule has 2 heterocycles. The van der Waals surface area contributed by atoms with Crippen molar-refractivity contribution in [3.63, 3.8) is 0 Å². The van der Waals surface area contributed by atoms with Gasteiger partial charge in [-0.25, -0.2) is 9.67 Å². The third-order valence-corrected chi connectivity index (χ3v) is 6.20. The lowest BCUT2D eigenvalue weighted by Crippen LogP contribution is -2.37. The van der Waals surface area contributed by atoms with Crippen LogP contribution in [0.3, 0.4) is 0 Å². The number of nitrogens with one attached hydrogen (secondary N) is 1. The number of para-hydroxylation sites is 1. The summed E-state index contributed by atoms with van der Waals surface area (Å²) in [5, 5.41) is 9.39. The number of amides is 1. The average molecular weight is 352 g/mol. The molecule has 0 aliphatic heterocycles. The first kappa shape index (κ1) is 16.0. The Morgan fingerprint density at radius 2 is 2.08 bits per heavy atom. The number of carbonyl (C=O) groups is 1. The van der Waals surface area contributed by atoms with E-state index in [9.17, 15) is 4.79 Å². The van der Waals surface area contributed by atoms with Crippen LogP contribution < -0.4 is 5.32 Å². The summed E-state index contributed by atoms with van der Waals surface area (Å²) in [5.74, 6) is 0.105. The molecule has 1 unspecified atom stereocenters. The summed E-state index contributed by atoms with van der Waals surface area (Å²) in [6.07, 6.45) is 4.06. The van der Waals surface area contributed by atoms with E-state index in [2.05, 4.69) is 35.3 Å². The van der Waals surface area contributed by atoms with Gasteiger partial charge in [0.2, 0.25) is 5.91 Å². The van der Waals surface area contributed by atoms with E-state index in [1.54, 1.807) is 22.3 Å². The number of nitrogens with zero attached hydrogens (tertiary/aromatic N) is 3. The monoisotopic (exact) mass is 352 g/mol. The largest absolute Gasteiger partial charge is 0.351 e. The predicted octanol–water partition coefficient (Wildman–Crippen LogP) is 3.31. The van der Waals surface area contributed by atoms with Crippen LogP contribution in [-0.2, 0) is 16.8 Å². The van der Waals surface area contributed by atoms with Gasteiger partial charge < -0.3 is 5.32 Å². The molecule has 2 aromatic heterocycles. The zero-order valence-corrected chi connectivity index (χ0v) is 15.1. The zero-order valence-electron chi connectivity index (χ0n) is 14.3. The second-order valence-corrected chi connectivity index (χ2v) is 8.04. The third kappa shape index (κ3) is 2.57. The van der Waals surface area contributed by atoms with Crippen LogP contribution in [0.15, 0.2) is 54.4 Å². The molecule has 0 spiro atoms. The van der Waals surface area contributed by atoms with Crippen LogP contribution in [0.2, 0.25) is 0 Å². The summed E-state index contributed by atoms with van der Waals surface area (Å²) in [6.45, 7) is 4.80. The van der Waals surface area contributed by atoms with E-state index in [0.717, 1.165) is 22.5 Å². The average Bonchev–Trinajstić information content (AvgIpc) is 3.12. The van der Waals surface area contributed by atoms with E-state index < -0.39 is 5.41 Å². The Morgan fingerprint density at radius 1 is 1.28 bits per heavy atom. The molecule has 1 saturated carbocycles. The van der Waals surface area contributed by atoms with Crippen molar-refractivity contribution < 1.29 is 4.79 Å². The van der Waals surface area contributed by atoms with E-state index in [0.29, 0.717) is 6.54 Å². The molecule has 0 radical (unpaired) electrons. The summed E-state index contributed by atoms with van der Waals surface area (Å²) in [6, 6.07) is 12.0. The minimum atomic E-state index is -0.399. The molecule has 0 bridgehead atoms. The second-order valence-electron chi connectivity index (χ2n) is 7.09. The number of hydrogen-bond donors (Lipinski definition) is 1. The number of aromatic nitrogens is 3. The predicted molar refractivity (Wildman–Crippen MR) is 97.6 cm³/mol. The standard InChI is InChI=1S/C19H20N4OS/c1-18(2)11-19(18,16-8-5-9-25-16)17(24)21-10-14-6-3-4-7-15(14)23-13-20-12-22-23/h3-9,12-13H,10-11H2,1-2H3,(H,21,24). The normalized spacial score (nSPS) is 21.0. The minimum Gasteiger partial charge on any atom is -0.351 e. The molecule has 1 N–H and O–H groups in total. The molecule has 6 heteroatoms. The molecule has 128 valence electrons. The summed E-state index contributed by atoms with van der Waals surface area (Å²) in [5.41, 5.74) is 1.54. The van der Waals surface area contributed by atoms with Gasteiger partial charge in [-0.05, 0) is 34.9 Å². The van der Waals surface area contributed by atoms with Gasteiger partial charge in [0.15, 0.2) is 0 Å².